The van der Waals surface area contributed by atoms with Crippen molar-refractivity contribution >= 4 is 45.9 Å². The zero-order chi connectivity index (χ0) is 41.4. The Morgan fingerprint density at radius 2 is 0.655 bits per heavy atom. The van der Waals surface area contributed by atoms with Crippen LogP contribution in [0.15, 0.2) is 97.1 Å². The van der Waals surface area contributed by atoms with E-state index in [-0.39, 0.29) is 23.1 Å². The fourth-order valence-corrected chi connectivity index (χ4v) is 8.57. The molecule has 0 aliphatic heterocycles. The summed E-state index contributed by atoms with van der Waals surface area (Å²) < 4.78 is 0. The number of rotatable bonds is 8. The third-order valence-electron chi connectivity index (χ3n) is 11.5. The summed E-state index contributed by atoms with van der Waals surface area (Å²) in [6.07, 6.45) is 3.45. The summed E-state index contributed by atoms with van der Waals surface area (Å²) >= 11 is 0. The SMILES string of the molecule is CCc1cc(C)cc(CC)c1Nc1ccc(Nc2c(CC)cc(C)cc2CC)c2c1C(=O)c1ccccc1C2=O.Cc1ccc(C)c2c1C(=O)c1ccccc1C2=O. The first-order valence-electron chi connectivity index (χ1n) is 20.3. The molecule has 292 valence electrons. The molecule has 0 saturated heterocycles. The normalized spacial score (nSPS) is 12.6. The van der Waals surface area contributed by atoms with E-state index >= 15 is 0 Å². The molecule has 8 rings (SSSR count). The Morgan fingerprint density at radius 3 is 0.931 bits per heavy atom. The molecule has 0 saturated carbocycles. The molecule has 2 N–H and O–H groups in total. The van der Waals surface area contributed by atoms with Crippen molar-refractivity contribution in [2.24, 2.45) is 0 Å². The fourth-order valence-electron chi connectivity index (χ4n) is 8.57. The molecule has 0 amide bonds. The molecule has 6 aromatic carbocycles. The van der Waals surface area contributed by atoms with E-state index in [0.29, 0.717) is 55.9 Å². The number of carbonyl (C=O) groups excluding carboxylic acids is 4. The van der Waals surface area contributed by atoms with Crippen molar-refractivity contribution in [3.05, 3.63) is 186 Å². The van der Waals surface area contributed by atoms with Gasteiger partial charge in [0.1, 0.15) is 0 Å². The van der Waals surface area contributed by atoms with E-state index in [4.69, 9.17) is 0 Å². The molecule has 0 bridgehead atoms. The number of anilines is 4. The maximum absolute atomic E-state index is 14.1. The summed E-state index contributed by atoms with van der Waals surface area (Å²) in [5, 5.41) is 7.25. The Hall–Kier alpha value is -6.40. The van der Waals surface area contributed by atoms with E-state index in [2.05, 4.69) is 76.4 Å². The van der Waals surface area contributed by atoms with Crippen LogP contribution in [-0.4, -0.2) is 23.1 Å². The van der Waals surface area contributed by atoms with Crippen molar-refractivity contribution in [1.29, 1.82) is 0 Å². The lowest BCUT2D eigenvalue weighted by Crippen LogP contribution is -2.24. The van der Waals surface area contributed by atoms with Gasteiger partial charge in [0.25, 0.3) is 0 Å². The predicted molar refractivity (Wildman–Crippen MR) is 235 cm³/mol. The van der Waals surface area contributed by atoms with Crippen molar-refractivity contribution in [2.45, 2.75) is 81.1 Å². The monoisotopic (exact) mass is 766 g/mol. The zero-order valence-corrected chi connectivity index (χ0v) is 34.7. The van der Waals surface area contributed by atoms with Crippen LogP contribution in [0.1, 0.15) is 136 Å². The van der Waals surface area contributed by atoms with Crippen LogP contribution in [0.3, 0.4) is 0 Å². The van der Waals surface area contributed by atoms with Crippen LogP contribution in [-0.2, 0) is 25.7 Å². The third-order valence-corrected chi connectivity index (χ3v) is 11.5. The van der Waals surface area contributed by atoms with E-state index < -0.39 is 0 Å². The molecule has 58 heavy (non-hydrogen) atoms. The molecule has 0 unspecified atom stereocenters. The molecule has 2 aliphatic carbocycles. The summed E-state index contributed by atoms with van der Waals surface area (Å²) in [5.74, 6) is -0.340. The van der Waals surface area contributed by atoms with Crippen molar-refractivity contribution in [3.8, 4) is 0 Å². The first-order valence-corrected chi connectivity index (χ1v) is 20.3. The Bertz CT molecular complexity index is 2450. The van der Waals surface area contributed by atoms with Crippen LogP contribution in [0.25, 0.3) is 0 Å². The number of aryl methyl sites for hydroxylation is 8. The van der Waals surface area contributed by atoms with Gasteiger partial charge in [0.15, 0.2) is 23.1 Å². The standard InChI is InChI=1S/C36H38N2O2.C16H12O2/c1-7-23-17-21(5)18-24(8-2)33(23)37-29-15-16-30(38-34-25(9-3)19-22(6)20-26(34)10-4)32-31(29)35(39)27-13-11-12-14-28(27)36(32)40;1-9-7-8-10(2)14-13(9)15(17)11-5-3-4-6-12(11)16(14)18/h11-20,37-38H,7-10H2,1-6H3;3-8H,1-2H3. The second-order valence-corrected chi connectivity index (χ2v) is 15.3. The molecule has 0 spiro atoms. The second kappa shape index (κ2) is 16.2. The number of nitrogens with one attached hydrogen (secondary N) is 2. The Kier molecular flexibility index (Phi) is 11.1. The minimum atomic E-state index is -0.130. The highest BCUT2D eigenvalue weighted by atomic mass is 16.1. The Balaban J connectivity index is 0.000000236. The zero-order valence-electron chi connectivity index (χ0n) is 34.7. The number of ketones is 4. The Labute approximate surface area is 341 Å². The van der Waals surface area contributed by atoms with Gasteiger partial charge in [-0.3, -0.25) is 19.2 Å². The summed E-state index contributed by atoms with van der Waals surface area (Å²) in [4.78, 5) is 53.2. The average Bonchev–Trinajstić information content (AvgIpc) is 3.23. The molecule has 6 aromatic rings. The van der Waals surface area contributed by atoms with Crippen LogP contribution in [0.2, 0.25) is 0 Å². The maximum Gasteiger partial charge on any atom is 0.196 e. The van der Waals surface area contributed by atoms with E-state index in [1.807, 2.05) is 50.2 Å². The van der Waals surface area contributed by atoms with Crippen molar-refractivity contribution in [1.82, 2.24) is 0 Å². The van der Waals surface area contributed by atoms with Crippen LogP contribution >= 0.6 is 0 Å². The molecular formula is C52H50N2O4. The van der Waals surface area contributed by atoms with Crippen LogP contribution in [0.5, 0.6) is 0 Å². The highest BCUT2D eigenvalue weighted by Gasteiger charge is 2.35. The maximum atomic E-state index is 14.1. The lowest BCUT2D eigenvalue weighted by molar-refractivity contribution is 0.0978. The first-order chi connectivity index (χ1) is 27.9. The van der Waals surface area contributed by atoms with E-state index in [0.717, 1.165) is 48.2 Å². The van der Waals surface area contributed by atoms with Gasteiger partial charge in [0.05, 0.1) is 22.5 Å². The van der Waals surface area contributed by atoms with Gasteiger partial charge in [-0.25, -0.2) is 0 Å². The minimum Gasteiger partial charge on any atom is -0.354 e. The smallest absolute Gasteiger partial charge is 0.196 e. The molecule has 6 heteroatoms. The van der Waals surface area contributed by atoms with Gasteiger partial charge in [-0.2, -0.15) is 0 Å². The second-order valence-electron chi connectivity index (χ2n) is 15.3. The fraction of sp³-hybridized carbons (Fsp3) is 0.231. The molecule has 0 atom stereocenters. The topological polar surface area (TPSA) is 92.3 Å². The molecule has 6 nitrogen and oxygen atoms in total. The van der Waals surface area contributed by atoms with Crippen LogP contribution in [0.4, 0.5) is 22.7 Å². The average molecular weight is 767 g/mol. The van der Waals surface area contributed by atoms with Gasteiger partial charge >= 0.3 is 0 Å². The quantitative estimate of drug-likeness (QED) is 0.160. The molecule has 0 heterocycles. The molecule has 0 aromatic heterocycles. The van der Waals surface area contributed by atoms with Gasteiger partial charge in [0.2, 0.25) is 0 Å². The number of fused-ring (bicyclic) bond motifs is 4. The Morgan fingerprint density at radius 1 is 0.379 bits per heavy atom. The first kappa shape index (κ1) is 39.8. The lowest BCUT2D eigenvalue weighted by Gasteiger charge is -2.26. The highest BCUT2D eigenvalue weighted by molar-refractivity contribution is 6.32. The van der Waals surface area contributed by atoms with Crippen molar-refractivity contribution < 1.29 is 19.2 Å². The number of benzene rings is 6. The molecule has 2 aliphatic rings. The molecule has 0 fully saturated rings. The number of hydrogen-bond acceptors (Lipinski definition) is 6. The number of carbonyl (C=O) groups is 4. The summed E-state index contributed by atoms with van der Waals surface area (Å²) in [6.45, 7) is 16.5. The summed E-state index contributed by atoms with van der Waals surface area (Å²) in [6, 6.07) is 30.7. The van der Waals surface area contributed by atoms with Gasteiger partial charge in [0, 0.05) is 44.8 Å². The molecular weight excluding hydrogens is 717 g/mol. The van der Waals surface area contributed by atoms with Crippen LogP contribution < -0.4 is 10.6 Å². The van der Waals surface area contributed by atoms with E-state index in [1.54, 1.807) is 36.4 Å². The number of hydrogen-bond donors (Lipinski definition) is 2. The summed E-state index contributed by atoms with van der Waals surface area (Å²) in [5.41, 5.74) is 16.3. The predicted octanol–water partition coefficient (Wildman–Crippen LogP) is 11.9. The largest absolute Gasteiger partial charge is 0.354 e. The lowest BCUT2D eigenvalue weighted by atomic mass is 9.80. The van der Waals surface area contributed by atoms with E-state index in [1.165, 1.54) is 33.4 Å². The van der Waals surface area contributed by atoms with Gasteiger partial charge < -0.3 is 10.6 Å². The van der Waals surface area contributed by atoms with Gasteiger partial charge in [-0.05, 0) is 98.9 Å². The van der Waals surface area contributed by atoms with Crippen molar-refractivity contribution in [2.75, 3.05) is 10.6 Å². The summed E-state index contributed by atoms with van der Waals surface area (Å²) in [7, 11) is 0. The third kappa shape index (κ3) is 6.97. The van der Waals surface area contributed by atoms with Crippen molar-refractivity contribution in [3.63, 3.8) is 0 Å². The molecule has 0 radical (unpaired) electrons. The van der Waals surface area contributed by atoms with E-state index in [9.17, 15) is 19.2 Å². The minimum absolute atomic E-state index is 0.0404. The van der Waals surface area contributed by atoms with Gasteiger partial charge in [-0.15, -0.1) is 0 Å². The van der Waals surface area contributed by atoms with Crippen LogP contribution in [0, 0.1) is 27.7 Å². The van der Waals surface area contributed by atoms with Gasteiger partial charge in [-0.1, -0.05) is 124 Å². The highest BCUT2D eigenvalue weighted by Crippen LogP contribution is 2.41.